The molecule has 1 fully saturated rings. The van der Waals surface area contributed by atoms with Crippen molar-refractivity contribution < 1.29 is 51.3 Å². The van der Waals surface area contributed by atoms with Crippen LogP contribution in [0.15, 0.2) is 10.5 Å². The van der Waals surface area contributed by atoms with E-state index in [1.54, 1.807) is 0 Å². The Kier molecular flexibility index (Phi) is 8.85. The SMILES string of the molecule is COC(=O)CON=C(C(=O)N[C@H]1C(=O)N(S(=O)(=O)O)[C@H]1C(=O)OC)c1csc(NC(=O)CCl)n1. The minimum Gasteiger partial charge on any atom is -0.467 e. The van der Waals surface area contributed by atoms with E-state index in [1.807, 2.05) is 0 Å². The molecule has 0 bridgehead atoms. The molecule has 1 aliphatic heterocycles. The van der Waals surface area contributed by atoms with Crippen LogP contribution in [0.3, 0.4) is 0 Å². The maximum Gasteiger partial charge on any atom is 0.363 e. The monoisotopic (exact) mass is 541 g/mol. The predicted octanol–water partition coefficient (Wildman–Crippen LogP) is -2.11. The molecule has 186 valence electrons. The summed E-state index contributed by atoms with van der Waals surface area (Å²) in [7, 11) is -3.17. The Labute approximate surface area is 200 Å². The van der Waals surface area contributed by atoms with Gasteiger partial charge < -0.3 is 24.9 Å². The number of nitrogens with one attached hydrogen (secondary N) is 2. The smallest absolute Gasteiger partial charge is 0.363 e. The molecule has 3 amide bonds. The summed E-state index contributed by atoms with van der Waals surface area (Å²) in [5.74, 6) is -5.59. The van der Waals surface area contributed by atoms with Crippen molar-refractivity contribution in [3.05, 3.63) is 11.1 Å². The second-order valence-corrected chi connectivity index (χ2v) is 8.45. The Morgan fingerprint density at radius 1 is 1.29 bits per heavy atom. The normalized spacial score (nSPS) is 17.9. The Balaban J connectivity index is 2.32. The van der Waals surface area contributed by atoms with Gasteiger partial charge in [-0.2, -0.15) is 12.7 Å². The maximum absolute atomic E-state index is 12.8. The zero-order valence-corrected chi connectivity index (χ0v) is 19.6. The molecule has 1 aliphatic rings. The molecule has 34 heavy (non-hydrogen) atoms. The Bertz CT molecular complexity index is 1140. The molecule has 1 saturated heterocycles. The third-order valence-electron chi connectivity index (χ3n) is 3.93. The van der Waals surface area contributed by atoms with Crippen molar-refractivity contribution in [2.75, 3.05) is 32.0 Å². The van der Waals surface area contributed by atoms with Gasteiger partial charge in [0.1, 0.15) is 17.6 Å². The van der Waals surface area contributed by atoms with Gasteiger partial charge in [-0.15, -0.1) is 22.9 Å². The average molecular weight is 542 g/mol. The number of carbonyl (C=O) groups is 5. The highest BCUT2D eigenvalue weighted by Gasteiger charge is 2.58. The van der Waals surface area contributed by atoms with Gasteiger partial charge in [-0.25, -0.2) is 14.6 Å². The summed E-state index contributed by atoms with van der Waals surface area (Å²) in [4.78, 5) is 68.3. The molecule has 3 N–H and O–H groups in total. The summed E-state index contributed by atoms with van der Waals surface area (Å²) in [6.45, 7) is -0.711. The van der Waals surface area contributed by atoms with E-state index in [-0.39, 0.29) is 21.0 Å². The van der Waals surface area contributed by atoms with Crippen LogP contribution in [0.2, 0.25) is 0 Å². The number of halogens is 1. The van der Waals surface area contributed by atoms with Crippen molar-refractivity contribution in [3.63, 3.8) is 0 Å². The van der Waals surface area contributed by atoms with Crippen molar-refractivity contribution in [2.24, 2.45) is 5.16 Å². The first-order chi connectivity index (χ1) is 15.9. The molecule has 1 aromatic rings. The van der Waals surface area contributed by atoms with Crippen LogP contribution >= 0.6 is 22.9 Å². The molecule has 2 atom stereocenters. The number of anilines is 1. The van der Waals surface area contributed by atoms with Crippen LogP contribution < -0.4 is 10.6 Å². The van der Waals surface area contributed by atoms with Crippen LogP contribution in [-0.4, -0.2) is 96.4 Å². The highest BCUT2D eigenvalue weighted by Crippen LogP contribution is 2.25. The number of amides is 3. The molecule has 0 spiro atoms. The average Bonchev–Trinajstić information content (AvgIpc) is 3.24. The van der Waals surface area contributed by atoms with Gasteiger partial charge in [0, 0.05) is 5.38 Å². The molecule has 0 aromatic carbocycles. The fourth-order valence-corrected chi connectivity index (χ4v) is 4.04. The van der Waals surface area contributed by atoms with E-state index in [4.69, 9.17) is 21.0 Å². The number of thiazole rings is 1. The maximum atomic E-state index is 12.8. The molecule has 0 unspecified atom stereocenters. The van der Waals surface area contributed by atoms with Crippen molar-refractivity contribution >= 4 is 73.7 Å². The number of nitrogens with zero attached hydrogens (tertiary/aromatic N) is 3. The molecule has 0 aliphatic carbocycles. The minimum absolute atomic E-state index is 0.0128. The number of methoxy groups -OCH3 is 2. The fraction of sp³-hybridized carbons (Fsp3) is 0.400. The van der Waals surface area contributed by atoms with E-state index < -0.39 is 64.4 Å². The number of rotatable bonds is 10. The third-order valence-corrected chi connectivity index (χ3v) is 5.83. The van der Waals surface area contributed by atoms with Gasteiger partial charge in [0.15, 0.2) is 16.9 Å². The Hall–Kier alpha value is -3.35. The van der Waals surface area contributed by atoms with Gasteiger partial charge in [-0.1, -0.05) is 5.16 Å². The van der Waals surface area contributed by atoms with Crippen molar-refractivity contribution in [3.8, 4) is 0 Å². The van der Waals surface area contributed by atoms with Gasteiger partial charge in [-0.3, -0.25) is 18.9 Å². The summed E-state index contributed by atoms with van der Waals surface area (Å²) in [5.41, 5.74) is -0.807. The van der Waals surface area contributed by atoms with Crippen LogP contribution in [0, 0.1) is 0 Å². The van der Waals surface area contributed by atoms with Crippen LogP contribution in [-0.2, 0) is 48.6 Å². The van der Waals surface area contributed by atoms with Crippen molar-refractivity contribution in [1.82, 2.24) is 14.6 Å². The zero-order valence-electron chi connectivity index (χ0n) is 17.2. The summed E-state index contributed by atoms with van der Waals surface area (Å²) >= 11 is 6.26. The van der Waals surface area contributed by atoms with Crippen LogP contribution in [0.5, 0.6) is 0 Å². The summed E-state index contributed by atoms with van der Waals surface area (Å²) in [6.07, 6.45) is 0. The van der Waals surface area contributed by atoms with E-state index in [9.17, 15) is 32.4 Å². The lowest BCUT2D eigenvalue weighted by molar-refractivity contribution is -0.162. The molecule has 0 saturated carbocycles. The molecule has 2 rings (SSSR count). The number of oxime groups is 1. The van der Waals surface area contributed by atoms with Crippen LogP contribution in [0.4, 0.5) is 5.13 Å². The third kappa shape index (κ3) is 6.16. The van der Waals surface area contributed by atoms with Crippen LogP contribution in [0.1, 0.15) is 5.69 Å². The van der Waals surface area contributed by atoms with Crippen molar-refractivity contribution in [2.45, 2.75) is 12.1 Å². The van der Waals surface area contributed by atoms with Crippen molar-refractivity contribution in [1.29, 1.82) is 0 Å². The number of aromatic nitrogens is 1. The molecule has 1 aromatic heterocycles. The Morgan fingerprint density at radius 3 is 2.53 bits per heavy atom. The first-order valence-electron chi connectivity index (χ1n) is 8.72. The van der Waals surface area contributed by atoms with Gasteiger partial charge >= 0.3 is 22.2 Å². The lowest BCUT2D eigenvalue weighted by Crippen LogP contribution is -2.74. The van der Waals surface area contributed by atoms with E-state index in [0.717, 1.165) is 25.6 Å². The summed E-state index contributed by atoms with van der Waals surface area (Å²) in [5, 5.41) is 9.16. The standard InChI is InChI=1S/C15H16ClN5O11S2/c1-30-8(23)4-32-20-9(6-5-33-15(17-6)18-7(22)3-16)12(24)19-10-11(14(26)31-2)21(13(10)25)34(27,28)29/h5,10-11H,3-4H2,1-2H3,(H,19,24)(H,17,18,22)(H,27,28,29)/t10-,11-/m1/s1. The lowest BCUT2D eigenvalue weighted by atomic mass is 9.98. The number of ether oxygens (including phenoxy) is 2. The van der Waals surface area contributed by atoms with Gasteiger partial charge in [-0.05, 0) is 0 Å². The molecule has 2 heterocycles. The lowest BCUT2D eigenvalue weighted by Gasteiger charge is -2.41. The Morgan fingerprint density at radius 2 is 1.97 bits per heavy atom. The fourth-order valence-electron chi connectivity index (χ4n) is 2.43. The van der Waals surface area contributed by atoms with E-state index in [2.05, 4.69) is 30.2 Å². The number of hydrogen-bond acceptors (Lipinski definition) is 13. The molecule has 19 heteroatoms. The number of esters is 2. The first kappa shape index (κ1) is 26.9. The zero-order chi connectivity index (χ0) is 25.6. The number of alkyl halides is 1. The number of carbonyl (C=O) groups excluding carboxylic acids is 5. The minimum atomic E-state index is -5.13. The topological polar surface area (TPSA) is 220 Å². The van der Waals surface area contributed by atoms with Gasteiger partial charge in [0.05, 0.1) is 14.2 Å². The largest absolute Gasteiger partial charge is 0.467 e. The van der Waals surface area contributed by atoms with Crippen LogP contribution in [0.25, 0.3) is 0 Å². The first-order valence-corrected chi connectivity index (χ1v) is 11.5. The summed E-state index contributed by atoms with van der Waals surface area (Å²) < 4.78 is 40.6. The van der Waals surface area contributed by atoms with Gasteiger partial charge in [0.25, 0.3) is 11.8 Å². The molecule has 16 nitrogen and oxygen atoms in total. The second-order valence-electron chi connectivity index (χ2n) is 6.04. The second kappa shape index (κ2) is 11.2. The summed E-state index contributed by atoms with van der Waals surface area (Å²) in [6, 6.07) is -3.66. The predicted molar refractivity (Wildman–Crippen MR) is 112 cm³/mol. The number of hydrogen-bond donors (Lipinski definition) is 3. The molecule has 0 radical (unpaired) electrons. The quantitative estimate of drug-likeness (QED) is 0.0722. The van der Waals surface area contributed by atoms with E-state index in [1.165, 1.54) is 5.38 Å². The number of β-lactam (4-membered cyclic amide) rings is 1. The van der Waals surface area contributed by atoms with Gasteiger partial charge in [0.2, 0.25) is 12.5 Å². The molecular formula is C15H16ClN5O11S2. The van der Waals surface area contributed by atoms with E-state index >= 15 is 0 Å². The molecular weight excluding hydrogens is 526 g/mol. The highest BCUT2D eigenvalue weighted by atomic mass is 35.5. The highest BCUT2D eigenvalue weighted by molar-refractivity contribution is 7.84. The van der Waals surface area contributed by atoms with E-state index in [0.29, 0.717) is 0 Å².